The van der Waals surface area contributed by atoms with E-state index in [2.05, 4.69) is 34.4 Å². The molecule has 2 N–H and O–H groups in total. The first kappa shape index (κ1) is 19.5. The zero-order valence-corrected chi connectivity index (χ0v) is 16.6. The van der Waals surface area contributed by atoms with Gasteiger partial charge in [-0.15, -0.1) is 11.3 Å². The maximum Gasteiger partial charge on any atom is 0.237 e. The molecule has 0 saturated carbocycles. The van der Waals surface area contributed by atoms with Gasteiger partial charge in [-0.05, 0) is 5.92 Å². The van der Waals surface area contributed by atoms with E-state index in [1.807, 2.05) is 30.3 Å². The number of hydrogen-bond acceptors (Lipinski definition) is 5. The fraction of sp³-hybridized carbons (Fsp3) is 0.450. The number of piperazine rings is 1. The highest BCUT2D eigenvalue weighted by Gasteiger charge is 2.31. The van der Waals surface area contributed by atoms with Crippen molar-refractivity contribution >= 4 is 23.2 Å². The molecule has 1 fully saturated rings. The van der Waals surface area contributed by atoms with Gasteiger partial charge in [-0.1, -0.05) is 44.2 Å². The first-order chi connectivity index (χ1) is 13.0. The number of thiazole rings is 1. The van der Waals surface area contributed by atoms with E-state index >= 15 is 0 Å². The summed E-state index contributed by atoms with van der Waals surface area (Å²) in [6.45, 7) is 6.92. The second kappa shape index (κ2) is 9.10. The van der Waals surface area contributed by atoms with Gasteiger partial charge in [-0.2, -0.15) is 0 Å². The summed E-state index contributed by atoms with van der Waals surface area (Å²) in [5, 5.41) is 5.83. The smallest absolute Gasteiger partial charge is 0.237 e. The molecular formula is C20H26N4O2S. The molecular weight excluding hydrogens is 360 g/mol. The van der Waals surface area contributed by atoms with E-state index in [4.69, 9.17) is 0 Å². The minimum Gasteiger partial charge on any atom is -0.353 e. The summed E-state index contributed by atoms with van der Waals surface area (Å²) < 4.78 is 0. The van der Waals surface area contributed by atoms with Gasteiger partial charge in [0.2, 0.25) is 11.8 Å². The Labute approximate surface area is 164 Å². The molecule has 6 nitrogen and oxygen atoms in total. The van der Waals surface area contributed by atoms with Crippen molar-refractivity contribution < 1.29 is 9.59 Å². The van der Waals surface area contributed by atoms with Crippen LogP contribution in [0.5, 0.6) is 0 Å². The molecule has 0 aliphatic carbocycles. The third-order valence-electron chi connectivity index (χ3n) is 4.55. The maximum atomic E-state index is 12.5. The fourth-order valence-electron chi connectivity index (χ4n) is 3.33. The van der Waals surface area contributed by atoms with Gasteiger partial charge < -0.3 is 10.6 Å². The van der Waals surface area contributed by atoms with Gasteiger partial charge in [0.25, 0.3) is 0 Å². The Morgan fingerprint density at radius 2 is 2.15 bits per heavy atom. The normalized spacial score (nSPS) is 17.7. The van der Waals surface area contributed by atoms with Crippen LogP contribution in [0.25, 0.3) is 11.3 Å². The lowest BCUT2D eigenvalue weighted by Gasteiger charge is -2.35. The Morgan fingerprint density at radius 3 is 2.89 bits per heavy atom. The van der Waals surface area contributed by atoms with Crippen molar-refractivity contribution in [3.8, 4) is 11.3 Å². The van der Waals surface area contributed by atoms with E-state index in [0.717, 1.165) is 29.2 Å². The average Bonchev–Trinajstić information content (AvgIpc) is 3.12. The van der Waals surface area contributed by atoms with Crippen LogP contribution in [0.15, 0.2) is 35.8 Å². The van der Waals surface area contributed by atoms with Crippen LogP contribution in [0.4, 0.5) is 0 Å². The third-order valence-corrected chi connectivity index (χ3v) is 5.39. The number of benzene rings is 1. The molecule has 144 valence electrons. The van der Waals surface area contributed by atoms with Crippen molar-refractivity contribution in [2.24, 2.45) is 5.92 Å². The van der Waals surface area contributed by atoms with Gasteiger partial charge in [0.1, 0.15) is 0 Å². The fourth-order valence-corrected chi connectivity index (χ4v) is 4.05. The number of nitrogens with one attached hydrogen (secondary N) is 2. The molecule has 2 aromatic rings. The van der Waals surface area contributed by atoms with Gasteiger partial charge in [0.15, 0.2) is 0 Å². The van der Waals surface area contributed by atoms with Gasteiger partial charge in [-0.25, -0.2) is 4.98 Å². The highest BCUT2D eigenvalue weighted by molar-refractivity contribution is 7.10. The SMILES string of the molecule is CC(C)CN1CCNC(=O)C1CC(=O)NCc1scnc1-c1ccccc1. The molecule has 2 amide bonds. The van der Waals surface area contributed by atoms with Gasteiger partial charge >= 0.3 is 0 Å². The molecule has 3 rings (SSSR count). The molecule has 1 aromatic carbocycles. The molecule has 1 aliphatic rings. The minimum atomic E-state index is -0.392. The van der Waals surface area contributed by atoms with E-state index in [0.29, 0.717) is 19.0 Å². The van der Waals surface area contributed by atoms with Crippen LogP contribution in [-0.4, -0.2) is 47.4 Å². The molecule has 1 saturated heterocycles. The largest absolute Gasteiger partial charge is 0.353 e. The molecule has 1 atom stereocenters. The summed E-state index contributed by atoms with van der Waals surface area (Å²) in [4.78, 5) is 32.3. The predicted molar refractivity (Wildman–Crippen MR) is 107 cm³/mol. The quantitative estimate of drug-likeness (QED) is 0.766. The summed E-state index contributed by atoms with van der Waals surface area (Å²) in [7, 11) is 0. The molecule has 1 aromatic heterocycles. The van der Waals surface area contributed by atoms with Crippen molar-refractivity contribution in [2.45, 2.75) is 32.9 Å². The van der Waals surface area contributed by atoms with Crippen molar-refractivity contribution in [1.82, 2.24) is 20.5 Å². The van der Waals surface area contributed by atoms with Crippen LogP contribution in [0.1, 0.15) is 25.1 Å². The summed E-state index contributed by atoms with van der Waals surface area (Å²) in [5.74, 6) is 0.283. The van der Waals surface area contributed by atoms with E-state index in [-0.39, 0.29) is 18.2 Å². The second-order valence-corrected chi connectivity index (χ2v) is 8.11. The Balaban J connectivity index is 1.60. The van der Waals surface area contributed by atoms with E-state index in [1.165, 1.54) is 11.3 Å². The van der Waals surface area contributed by atoms with E-state index in [9.17, 15) is 9.59 Å². The minimum absolute atomic E-state index is 0.0557. The number of rotatable bonds is 7. The van der Waals surface area contributed by atoms with Crippen molar-refractivity contribution in [1.29, 1.82) is 0 Å². The molecule has 2 heterocycles. The summed E-state index contributed by atoms with van der Waals surface area (Å²) in [6.07, 6.45) is 0.179. The predicted octanol–water partition coefficient (Wildman–Crippen LogP) is 2.27. The first-order valence-electron chi connectivity index (χ1n) is 9.31. The van der Waals surface area contributed by atoms with Crippen molar-refractivity contribution in [3.05, 3.63) is 40.7 Å². The average molecular weight is 387 g/mol. The van der Waals surface area contributed by atoms with Crippen LogP contribution in [0, 0.1) is 5.92 Å². The lowest BCUT2D eigenvalue weighted by Crippen LogP contribution is -2.57. The van der Waals surface area contributed by atoms with Crippen molar-refractivity contribution in [2.75, 3.05) is 19.6 Å². The summed E-state index contributed by atoms with van der Waals surface area (Å²) >= 11 is 1.53. The first-order valence-corrected chi connectivity index (χ1v) is 10.2. The number of carbonyl (C=O) groups is 2. The Morgan fingerprint density at radius 1 is 1.37 bits per heavy atom. The van der Waals surface area contributed by atoms with Crippen LogP contribution in [0.3, 0.4) is 0 Å². The number of carbonyl (C=O) groups excluding carboxylic acids is 2. The molecule has 0 radical (unpaired) electrons. The standard InChI is InChI=1S/C20H26N4O2S/c1-14(2)12-24-9-8-21-20(26)16(24)10-18(25)22-11-17-19(23-13-27-17)15-6-4-3-5-7-15/h3-7,13-14,16H,8-12H2,1-2H3,(H,21,26)(H,22,25). The number of amides is 2. The van der Waals surface area contributed by atoms with Crippen LogP contribution >= 0.6 is 11.3 Å². The Kier molecular flexibility index (Phi) is 6.58. The van der Waals surface area contributed by atoms with Crippen LogP contribution in [-0.2, 0) is 16.1 Å². The van der Waals surface area contributed by atoms with E-state index in [1.54, 1.807) is 5.51 Å². The molecule has 1 aliphatic heterocycles. The molecule has 1 unspecified atom stereocenters. The number of nitrogens with zero attached hydrogens (tertiary/aromatic N) is 2. The summed E-state index contributed by atoms with van der Waals surface area (Å²) in [5.41, 5.74) is 3.73. The second-order valence-electron chi connectivity index (χ2n) is 7.17. The van der Waals surface area contributed by atoms with Gasteiger partial charge in [-0.3, -0.25) is 14.5 Å². The summed E-state index contributed by atoms with van der Waals surface area (Å²) in [6, 6.07) is 9.54. The molecule has 7 heteroatoms. The lowest BCUT2D eigenvalue weighted by atomic mass is 10.1. The number of hydrogen-bond donors (Lipinski definition) is 2. The van der Waals surface area contributed by atoms with Crippen molar-refractivity contribution in [3.63, 3.8) is 0 Å². The third kappa shape index (κ3) is 5.14. The van der Waals surface area contributed by atoms with Gasteiger partial charge in [0, 0.05) is 25.2 Å². The molecule has 0 bridgehead atoms. The highest BCUT2D eigenvalue weighted by Crippen LogP contribution is 2.25. The molecule has 0 spiro atoms. The topological polar surface area (TPSA) is 74.3 Å². The number of aromatic nitrogens is 1. The van der Waals surface area contributed by atoms with Crippen LogP contribution in [0.2, 0.25) is 0 Å². The highest BCUT2D eigenvalue weighted by atomic mass is 32.1. The zero-order chi connectivity index (χ0) is 19.2. The Hall–Kier alpha value is -2.25. The monoisotopic (exact) mass is 386 g/mol. The molecule has 27 heavy (non-hydrogen) atoms. The van der Waals surface area contributed by atoms with Gasteiger partial charge in [0.05, 0.1) is 35.1 Å². The lowest BCUT2D eigenvalue weighted by molar-refractivity contribution is -0.134. The van der Waals surface area contributed by atoms with Crippen LogP contribution < -0.4 is 10.6 Å². The van der Waals surface area contributed by atoms with E-state index < -0.39 is 6.04 Å². The maximum absolute atomic E-state index is 12.5. The zero-order valence-electron chi connectivity index (χ0n) is 15.8. The Bertz CT molecular complexity index is 775.